The Morgan fingerprint density at radius 3 is 2.25 bits per heavy atom. The topological polar surface area (TPSA) is 20.2 Å². The lowest BCUT2D eigenvalue weighted by molar-refractivity contribution is 0.296. The number of aromatic hydroxyl groups is 1. The number of aryl methyl sites for hydroxylation is 1. The molecule has 1 N–H and O–H groups in total. The van der Waals surface area contributed by atoms with Crippen molar-refractivity contribution in [2.75, 3.05) is 0 Å². The average molecular weight is 220 g/mol. The van der Waals surface area contributed by atoms with E-state index in [-0.39, 0.29) is 0 Å². The number of rotatable bonds is 6. The lowest BCUT2D eigenvalue weighted by Crippen LogP contribution is -2.10. The number of phenols is 1. The summed E-state index contributed by atoms with van der Waals surface area (Å²) < 4.78 is 0. The fourth-order valence-electron chi connectivity index (χ4n) is 2.24. The molecule has 1 heteroatoms. The summed E-state index contributed by atoms with van der Waals surface area (Å²) in [4.78, 5) is 0. The molecule has 1 aromatic carbocycles. The third-order valence-electron chi connectivity index (χ3n) is 3.18. The fourth-order valence-corrected chi connectivity index (χ4v) is 2.24. The first-order valence-electron chi connectivity index (χ1n) is 6.31. The first-order valence-corrected chi connectivity index (χ1v) is 6.31. The largest absolute Gasteiger partial charge is 0.508 e. The van der Waals surface area contributed by atoms with Gasteiger partial charge in [-0.3, -0.25) is 0 Å². The van der Waals surface area contributed by atoms with Crippen LogP contribution in [0, 0.1) is 5.41 Å². The van der Waals surface area contributed by atoms with Crippen LogP contribution in [0.1, 0.15) is 52.0 Å². The van der Waals surface area contributed by atoms with Crippen molar-refractivity contribution < 1.29 is 5.11 Å². The summed E-state index contributed by atoms with van der Waals surface area (Å²) in [6.45, 7) is 6.96. The normalized spacial score (nSPS) is 11.7. The van der Waals surface area contributed by atoms with Gasteiger partial charge in [0.1, 0.15) is 5.75 Å². The highest BCUT2D eigenvalue weighted by Crippen LogP contribution is 2.28. The highest BCUT2D eigenvalue weighted by Gasteiger charge is 2.15. The average Bonchev–Trinajstić information content (AvgIpc) is 2.20. The van der Waals surface area contributed by atoms with Crippen molar-refractivity contribution in [3.63, 3.8) is 0 Å². The first kappa shape index (κ1) is 13.1. The van der Waals surface area contributed by atoms with Gasteiger partial charge in [-0.25, -0.2) is 0 Å². The Morgan fingerprint density at radius 2 is 1.69 bits per heavy atom. The molecule has 0 saturated carbocycles. The van der Waals surface area contributed by atoms with Crippen LogP contribution in [0.3, 0.4) is 0 Å². The summed E-state index contributed by atoms with van der Waals surface area (Å²) in [6, 6.07) is 7.57. The predicted octanol–water partition coefficient (Wildman–Crippen LogP) is 4.54. The minimum Gasteiger partial charge on any atom is -0.508 e. The predicted molar refractivity (Wildman–Crippen MR) is 69.7 cm³/mol. The minimum atomic E-state index is 0.357. The fraction of sp³-hybridized carbons (Fsp3) is 0.600. The Morgan fingerprint density at radius 1 is 1.06 bits per heavy atom. The molecule has 0 fully saturated rings. The van der Waals surface area contributed by atoms with E-state index >= 15 is 0 Å². The Kier molecular flexibility index (Phi) is 4.85. The number of phenolic OH excluding ortho intramolecular Hbond substituents is 1. The van der Waals surface area contributed by atoms with Gasteiger partial charge in [-0.1, -0.05) is 39.3 Å². The SMILES string of the molecule is CCCC(C)(C)CCCc1ccc(O)cc1. The molecule has 0 aliphatic rings. The maximum absolute atomic E-state index is 9.18. The number of hydrogen-bond donors (Lipinski definition) is 1. The van der Waals surface area contributed by atoms with Crippen LogP contribution in [0.25, 0.3) is 0 Å². The van der Waals surface area contributed by atoms with Crippen molar-refractivity contribution in [2.24, 2.45) is 5.41 Å². The minimum absolute atomic E-state index is 0.357. The van der Waals surface area contributed by atoms with Gasteiger partial charge in [0.25, 0.3) is 0 Å². The van der Waals surface area contributed by atoms with Gasteiger partial charge in [-0.2, -0.15) is 0 Å². The van der Waals surface area contributed by atoms with E-state index in [9.17, 15) is 5.11 Å². The van der Waals surface area contributed by atoms with Gasteiger partial charge in [-0.15, -0.1) is 0 Å². The van der Waals surface area contributed by atoms with E-state index in [2.05, 4.69) is 20.8 Å². The molecule has 0 aromatic heterocycles. The van der Waals surface area contributed by atoms with Gasteiger partial charge >= 0.3 is 0 Å². The van der Waals surface area contributed by atoms with E-state index in [4.69, 9.17) is 0 Å². The quantitative estimate of drug-likeness (QED) is 0.746. The first-order chi connectivity index (χ1) is 7.53. The van der Waals surface area contributed by atoms with Crippen LogP contribution in [0.5, 0.6) is 5.75 Å². The molecule has 90 valence electrons. The van der Waals surface area contributed by atoms with Gasteiger partial charge < -0.3 is 5.11 Å². The van der Waals surface area contributed by atoms with Crippen LogP contribution in [0.2, 0.25) is 0 Å². The monoisotopic (exact) mass is 220 g/mol. The molecular formula is C15H24O. The van der Waals surface area contributed by atoms with Crippen LogP contribution in [-0.4, -0.2) is 5.11 Å². The molecule has 1 nitrogen and oxygen atoms in total. The molecule has 1 rings (SSSR count). The second kappa shape index (κ2) is 5.93. The number of benzene rings is 1. The standard InChI is InChI=1S/C15H24O/c1-4-11-15(2,3)12-5-6-13-7-9-14(16)10-8-13/h7-10,16H,4-6,11-12H2,1-3H3. The summed E-state index contributed by atoms with van der Waals surface area (Å²) in [7, 11) is 0. The molecule has 0 saturated heterocycles. The molecule has 0 aliphatic heterocycles. The van der Waals surface area contributed by atoms with E-state index in [1.54, 1.807) is 12.1 Å². The van der Waals surface area contributed by atoms with Crippen molar-refractivity contribution in [3.8, 4) is 5.75 Å². The molecule has 0 heterocycles. The van der Waals surface area contributed by atoms with Gasteiger partial charge in [-0.05, 0) is 48.8 Å². The smallest absolute Gasteiger partial charge is 0.115 e. The van der Waals surface area contributed by atoms with Crippen LogP contribution in [-0.2, 0) is 6.42 Å². The summed E-state index contributed by atoms with van der Waals surface area (Å²) >= 11 is 0. The zero-order valence-corrected chi connectivity index (χ0v) is 10.8. The second-order valence-corrected chi connectivity index (χ2v) is 5.43. The highest BCUT2D eigenvalue weighted by molar-refractivity contribution is 5.25. The zero-order valence-electron chi connectivity index (χ0n) is 10.8. The molecule has 16 heavy (non-hydrogen) atoms. The molecule has 0 aliphatic carbocycles. The van der Waals surface area contributed by atoms with E-state index < -0.39 is 0 Å². The molecule has 0 unspecified atom stereocenters. The summed E-state index contributed by atoms with van der Waals surface area (Å²) in [5.74, 6) is 0.357. The summed E-state index contributed by atoms with van der Waals surface area (Å²) in [5.41, 5.74) is 1.80. The zero-order chi connectivity index (χ0) is 12.0. The Hall–Kier alpha value is -0.980. The molecule has 1 aromatic rings. The third kappa shape index (κ3) is 4.69. The van der Waals surface area contributed by atoms with E-state index in [0.717, 1.165) is 6.42 Å². The summed E-state index contributed by atoms with van der Waals surface area (Å²) in [5, 5.41) is 9.18. The molecular weight excluding hydrogens is 196 g/mol. The Balaban J connectivity index is 2.32. The lowest BCUT2D eigenvalue weighted by atomic mass is 9.82. The lowest BCUT2D eigenvalue weighted by Gasteiger charge is -2.23. The Labute approximate surface area is 99.5 Å². The third-order valence-corrected chi connectivity index (χ3v) is 3.18. The van der Waals surface area contributed by atoms with Gasteiger partial charge in [0.2, 0.25) is 0 Å². The molecule has 0 atom stereocenters. The van der Waals surface area contributed by atoms with Crippen LogP contribution >= 0.6 is 0 Å². The molecule has 0 radical (unpaired) electrons. The maximum Gasteiger partial charge on any atom is 0.115 e. The second-order valence-electron chi connectivity index (χ2n) is 5.43. The summed E-state index contributed by atoms with van der Waals surface area (Å²) in [6.07, 6.45) is 6.21. The van der Waals surface area contributed by atoms with Crippen LogP contribution < -0.4 is 0 Å². The van der Waals surface area contributed by atoms with E-state index in [0.29, 0.717) is 11.2 Å². The number of hydrogen-bond acceptors (Lipinski definition) is 1. The molecule has 0 spiro atoms. The van der Waals surface area contributed by atoms with Gasteiger partial charge in [0, 0.05) is 0 Å². The van der Waals surface area contributed by atoms with Crippen molar-refractivity contribution in [1.82, 2.24) is 0 Å². The highest BCUT2D eigenvalue weighted by atomic mass is 16.3. The van der Waals surface area contributed by atoms with Crippen molar-refractivity contribution in [2.45, 2.75) is 52.9 Å². The maximum atomic E-state index is 9.18. The van der Waals surface area contributed by atoms with Crippen molar-refractivity contribution >= 4 is 0 Å². The van der Waals surface area contributed by atoms with Crippen molar-refractivity contribution in [1.29, 1.82) is 0 Å². The van der Waals surface area contributed by atoms with Gasteiger partial charge in [0.15, 0.2) is 0 Å². The Bertz CT molecular complexity index is 298. The van der Waals surface area contributed by atoms with E-state index in [1.165, 1.54) is 31.2 Å². The molecule has 0 bridgehead atoms. The molecule has 0 amide bonds. The van der Waals surface area contributed by atoms with Crippen LogP contribution in [0.4, 0.5) is 0 Å². The van der Waals surface area contributed by atoms with E-state index in [1.807, 2.05) is 12.1 Å². The van der Waals surface area contributed by atoms with Crippen molar-refractivity contribution in [3.05, 3.63) is 29.8 Å². The van der Waals surface area contributed by atoms with Gasteiger partial charge in [0.05, 0.1) is 0 Å². The van der Waals surface area contributed by atoms with Crippen LogP contribution in [0.15, 0.2) is 24.3 Å².